The molecule has 0 saturated carbocycles. The fourth-order valence-electron chi connectivity index (χ4n) is 3.41. The average Bonchev–Trinajstić information content (AvgIpc) is 2.75. The molecule has 3 rings (SSSR count). The quantitative estimate of drug-likeness (QED) is 0.594. The lowest BCUT2D eigenvalue weighted by Gasteiger charge is -2.37. The molecule has 1 aromatic rings. The predicted molar refractivity (Wildman–Crippen MR) is 111 cm³/mol. The van der Waals surface area contributed by atoms with Gasteiger partial charge in [0, 0.05) is 59.6 Å². The van der Waals surface area contributed by atoms with E-state index < -0.39 is 0 Å². The molecule has 0 radical (unpaired) electrons. The summed E-state index contributed by atoms with van der Waals surface area (Å²) in [7, 11) is 3.51. The van der Waals surface area contributed by atoms with E-state index in [0.717, 1.165) is 63.9 Å². The van der Waals surface area contributed by atoms with E-state index in [0.29, 0.717) is 0 Å². The number of nitrogens with zero attached hydrogens (tertiary/aromatic N) is 5. The van der Waals surface area contributed by atoms with Crippen molar-refractivity contribution in [3.8, 4) is 0 Å². The van der Waals surface area contributed by atoms with Crippen LogP contribution in [0.1, 0.15) is 19.3 Å². The molecule has 8 nitrogen and oxygen atoms in total. The number of aromatic nitrogens is 1. The minimum atomic E-state index is 0.000313. The smallest absolute Gasteiger partial charge is 0.243 e. The number of nitrogens with one attached hydrogen (secondary N) is 1. The maximum atomic E-state index is 12.0. The molecule has 1 aromatic heterocycles. The van der Waals surface area contributed by atoms with Crippen LogP contribution in [0, 0.1) is 0 Å². The summed E-state index contributed by atoms with van der Waals surface area (Å²) in [4.78, 5) is 27.1. The lowest BCUT2D eigenvalue weighted by Crippen LogP contribution is -2.54. The molecule has 1 unspecified atom stereocenters. The normalized spacial score (nSPS) is 20.8. The standard InChI is InChI=1S/C20H32N6O2/c1-24(2)19(27)16-23-20(22-15-17-7-4-6-14-28-17)26-12-10-25(11-13-26)18-8-3-5-9-21-18/h3,5,8-9,17H,4,6-7,10-16H2,1-2H3,(H,22,23). The van der Waals surface area contributed by atoms with E-state index >= 15 is 0 Å². The van der Waals surface area contributed by atoms with Crippen LogP contribution in [0.2, 0.25) is 0 Å². The Balaban J connectivity index is 1.59. The highest BCUT2D eigenvalue weighted by atomic mass is 16.5. The summed E-state index contributed by atoms with van der Waals surface area (Å²) in [5, 5.41) is 3.45. The minimum Gasteiger partial charge on any atom is -0.376 e. The number of pyridine rings is 1. The van der Waals surface area contributed by atoms with Gasteiger partial charge in [-0.15, -0.1) is 0 Å². The highest BCUT2D eigenvalue weighted by molar-refractivity contribution is 5.85. The molecule has 1 amide bonds. The lowest BCUT2D eigenvalue weighted by atomic mass is 10.1. The van der Waals surface area contributed by atoms with E-state index in [2.05, 4.69) is 25.1 Å². The molecule has 2 aliphatic heterocycles. The Kier molecular flexibility index (Phi) is 7.47. The van der Waals surface area contributed by atoms with Gasteiger partial charge in [-0.1, -0.05) is 6.07 Å². The van der Waals surface area contributed by atoms with Gasteiger partial charge in [0.2, 0.25) is 5.91 Å². The van der Waals surface area contributed by atoms with Crippen molar-refractivity contribution in [1.82, 2.24) is 20.1 Å². The minimum absolute atomic E-state index is 0.000313. The number of anilines is 1. The van der Waals surface area contributed by atoms with Crippen molar-refractivity contribution >= 4 is 17.7 Å². The van der Waals surface area contributed by atoms with Gasteiger partial charge in [0.15, 0.2) is 5.96 Å². The highest BCUT2D eigenvalue weighted by Crippen LogP contribution is 2.14. The summed E-state index contributed by atoms with van der Waals surface area (Å²) in [5.41, 5.74) is 0. The van der Waals surface area contributed by atoms with Gasteiger partial charge >= 0.3 is 0 Å². The van der Waals surface area contributed by atoms with Crippen LogP contribution < -0.4 is 10.2 Å². The second kappa shape index (κ2) is 10.3. The number of aliphatic imine (C=N–C) groups is 1. The maximum absolute atomic E-state index is 12.0. The van der Waals surface area contributed by atoms with Crippen LogP contribution in [0.25, 0.3) is 0 Å². The van der Waals surface area contributed by atoms with Gasteiger partial charge in [-0.2, -0.15) is 0 Å². The van der Waals surface area contributed by atoms with Crippen LogP contribution >= 0.6 is 0 Å². The van der Waals surface area contributed by atoms with Gasteiger partial charge in [0.25, 0.3) is 0 Å². The van der Waals surface area contributed by atoms with Crippen molar-refractivity contribution in [3.63, 3.8) is 0 Å². The van der Waals surface area contributed by atoms with Crippen LogP contribution in [0.5, 0.6) is 0 Å². The summed E-state index contributed by atoms with van der Waals surface area (Å²) >= 11 is 0. The highest BCUT2D eigenvalue weighted by Gasteiger charge is 2.22. The molecule has 28 heavy (non-hydrogen) atoms. The van der Waals surface area contributed by atoms with E-state index in [-0.39, 0.29) is 18.6 Å². The second-order valence-corrected chi connectivity index (χ2v) is 7.46. The van der Waals surface area contributed by atoms with Crippen molar-refractivity contribution in [1.29, 1.82) is 0 Å². The number of guanidine groups is 1. The van der Waals surface area contributed by atoms with Crippen LogP contribution in [0.15, 0.2) is 29.4 Å². The molecule has 1 atom stereocenters. The molecule has 2 saturated heterocycles. The van der Waals surface area contributed by atoms with E-state index in [9.17, 15) is 4.79 Å². The molecule has 0 bridgehead atoms. The Bertz CT molecular complexity index is 637. The Morgan fingerprint density at radius 1 is 1.29 bits per heavy atom. The molecular weight excluding hydrogens is 356 g/mol. The van der Waals surface area contributed by atoms with E-state index in [4.69, 9.17) is 4.74 Å². The lowest BCUT2D eigenvalue weighted by molar-refractivity contribution is -0.127. The number of hydrogen-bond acceptors (Lipinski definition) is 5. The predicted octanol–water partition coefficient (Wildman–Crippen LogP) is 0.807. The molecule has 0 spiro atoms. The van der Waals surface area contributed by atoms with Gasteiger partial charge in [-0.25, -0.2) is 9.98 Å². The molecule has 3 heterocycles. The van der Waals surface area contributed by atoms with Gasteiger partial charge < -0.3 is 24.8 Å². The zero-order valence-corrected chi connectivity index (χ0v) is 17.0. The number of piperazine rings is 1. The van der Waals surface area contributed by atoms with E-state index in [1.165, 1.54) is 6.42 Å². The number of amides is 1. The van der Waals surface area contributed by atoms with Crippen LogP contribution in [-0.2, 0) is 9.53 Å². The summed E-state index contributed by atoms with van der Waals surface area (Å²) in [6.45, 7) is 5.14. The number of likely N-dealkylation sites (N-methyl/N-ethyl adjacent to an activating group) is 1. The second-order valence-electron chi connectivity index (χ2n) is 7.46. The third-order valence-electron chi connectivity index (χ3n) is 5.18. The van der Waals surface area contributed by atoms with Gasteiger partial charge in [0.1, 0.15) is 12.4 Å². The first kappa shape index (κ1) is 20.4. The van der Waals surface area contributed by atoms with Gasteiger partial charge in [-0.05, 0) is 31.4 Å². The third kappa shape index (κ3) is 5.82. The molecule has 154 valence electrons. The van der Waals surface area contributed by atoms with E-state index in [1.54, 1.807) is 19.0 Å². The molecule has 0 aromatic carbocycles. The summed E-state index contributed by atoms with van der Waals surface area (Å²) in [5.74, 6) is 1.80. The molecule has 2 fully saturated rings. The molecule has 1 N–H and O–H groups in total. The van der Waals surface area contributed by atoms with Crippen LogP contribution in [0.3, 0.4) is 0 Å². The molecule has 0 aliphatic carbocycles. The topological polar surface area (TPSA) is 73.3 Å². The Morgan fingerprint density at radius 2 is 2.11 bits per heavy atom. The van der Waals surface area contributed by atoms with Gasteiger partial charge in [-0.3, -0.25) is 4.79 Å². The van der Waals surface area contributed by atoms with E-state index in [1.807, 2.05) is 24.4 Å². The van der Waals surface area contributed by atoms with Crippen molar-refractivity contribution in [2.75, 3.05) is 64.9 Å². The Morgan fingerprint density at radius 3 is 2.75 bits per heavy atom. The van der Waals surface area contributed by atoms with Crippen molar-refractivity contribution in [3.05, 3.63) is 24.4 Å². The number of hydrogen-bond donors (Lipinski definition) is 1. The monoisotopic (exact) mass is 388 g/mol. The number of carbonyl (C=O) groups excluding carboxylic acids is 1. The largest absolute Gasteiger partial charge is 0.376 e. The summed E-state index contributed by atoms with van der Waals surface area (Å²) in [6.07, 6.45) is 5.47. The average molecular weight is 389 g/mol. The third-order valence-corrected chi connectivity index (χ3v) is 5.18. The summed E-state index contributed by atoms with van der Waals surface area (Å²) < 4.78 is 5.83. The first-order valence-corrected chi connectivity index (χ1v) is 10.1. The molecule has 2 aliphatic rings. The maximum Gasteiger partial charge on any atom is 0.243 e. The zero-order valence-electron chi connectivity index (χ0n) is 17.0. The number of rotatable bonds is 5. The molecule has 8 heteroatoms. The van der Waals surface area contributed by atoms with Crippen molar-refractivity contribution < 1.29 is 9.53 Å². The number of carbonyl (C=O) groups is 1. The molecular formula is C20H32N6O2. The Labute approximate surface area is 167 Å². The van der Waals surface area contributed by atoms with Crippen LogP contribution in [0.4, 0.5) is 5.82 Å². The van der Waals surface area contributed by atoms with Gasteiger partial charge in [0.05, 0.1) is 6.10 Å². The summed E-state index contributed by atoms with van der Waals surface area (Å²) in [6, 6.07) is 5.99. The first-order chi connectivity index (χ1) is 13.6. The zero-order chi connectivity index (χ0) is 19.8. The fraction of sp³-hybridized carbons (Fsp3) is 0.650. The first-order valence-electron chi connectivity index (χ1n) is 10.1. The number of ether oxygens (including phenoxy) is 1. The van der Waals surface area contributed by atoms with Crippen molar-refractivity contribution in [2.45, 2.75) is 25.4 Å². The Hall–Kier alpha value is -2.35. The van der Waals surface area contributed by atoms with Crippen LogP contribution in [-0.4, -0.2) is 92.7 Å². The fourth-order valence-corrected chi connectivity index (χ4v) is 3.41. The SMILES string of the molecule is CN(C)C(=O)CN=C(NCC1CCCCO1)N1CCN(c2ccccn2)CC1. The van der Waals surface area contributed by atoms with Crippen molar-refractivity contribution in [2.24, 2.45) is 4.99 Å².